The van der Waals surface area contributed by atoms with Crippen molar-refractivity contribution in [2.75, 3.05) is 12.0 Å². The Balaban J connectivity index is 2.33. The summed E-state index contributed by atoms with van der Waals surface area (Å²) in [5.74, 6) is 2.09. The number of imidazole rings is 1. The number of para-hydroxylation sites is 2. The number of benzene rings is 1. The molecule has 1 aromatic heterocycles. The molecule has 2 rings (SSSR count). The van der Waals surface area contributed by atoms with Gasteiger partial charge in [-0.1, -0.05) is 12.1 Å². The van der Waals surface area contributed by atoms with Crippen LogP contribution >= 0.6 is 11.8 Å². The van der Waals surface area contributed by atoms with Crippen molar-refractivity contribution in [3.8, 4) is 0 Å². The number of nitrogens with zero attached hydrogens (tertiary/aromatic N) is 2. The average molecular weight is 249 g/mol. The summed E-state index contributed by atoms with van der Waals surface area (Å²) >= 11 is 1.79. The quantitative estimate of drug-likeness (QED) is 0.884. The minimum atomic E-state index is 0.187. The van der Waals surface area contributed by atoms with Crippen LogP contribution < -0.4 is 5.73 Å². The van der Waals surface area contributed by atoms with Crippen molar-refractivity contribution >= 4 is 22.8 Å². The van der Waals surface area contributed by atoms with E-state index in [1.54, 1.807) is 11.8 Å². The molecule has 1 atom stereocenters. The molecule has 0 amide bonds. The van der Waals surface area contributed by atoms with Gasteiger partial charge in [-0.25, -0.2) is 4.98 Å². The number of aryl methyl sites for hydroxylation is 1. The Labute approximate surface area is 106 Å². The van der Waals surface area contributed by atoms with Crippen LogP contribution in [-0.2, 0) is 13.0 Å². The predicted molar refractivity (Wildman–Crippen MR) is 75.5 cm³/mol. The number of fused-ring (bicyclic) bond motifs is 1. The Kier molecular flexibility index (Phi) is 4.07. The Hall–Kier alpha value is -1.00. The maximum Gasteiger partial charge on any atom is 0.111 e. The molecule has 1 aromatic carbocycles. The second kappa shape index (κ2) is 5.56. The van der Waals surface area contributed by atoms with Gasteiger partial charge in [0.2, 0.25) is 0 Å². The van der Waals surface area contributed by atoms with Gasteiger partial charge in [0.25, 0.3) is 0 Å². The molecule has 0 spiro atoms. The van der Waals surface area contributed by atoms with Gasteiger partial charge in [0.15, 0.2) is 0 Å². The normalized spacial score (nSPS) is 13.1. The number of hydrogen-bond donors (Lipinski definition) is 1. The van der Waals surface area contributed by atoms with Gasteiger partial charge in [-0.2, -0.15) is 11.8 Å². The van der Waals surface area contributed by atoms with Crippen LogP contribution in [-0.4, -0.2) is 27.6 Å². The number of thioether (sulfide) groups is 1. The van der Waals surface area contributed by atoms with E-state index in [-0.39, 0.29) is 6.04 Å². The van der Waals surface area contributed by atoms with Crippen LogP contribution in [0.2, 0.25) is 0 Å². The Morgan fingerprint density at radius 1 is 1.41 bits per heavy atom. The molecule has 92 valence electrons. The summed E-state index contributed by atoms with van der Waals surface area (Å²) in [6, 6.07) is 8.45. The van der Waals surface area contributed by atoms with Crippen molar-refractivity contribution in [2.45, 2.75) is 25.9 Å². The molecular weight excluding hydrogens is 230 g/mol. The molecule has 0 saturated carbocycles. The first-order chi connectivity index (χ1) is 8.26. The largest absolute Gasteiger partial charge is 0.328 e. The molecule has 1 unspecified atom stereocenters. The van der Waals surface area contributed by atoms with E-state index in [2.05, 4.69) is 40.9 Å². The molecule has 0 saturated heterocycles. The monoisotopic (exact) mass is 249 g/mol. The molecule has 0 aliphatic carbocycles. The van der Waals surface area contributed by atoms with E-state index in [9.17, 15) is 0 Å². The minimum absolute atomic E-state index is 0.187. The van der Waals surface area contributed by atoms with E-state index in [4.69, 9.17) is 5.73 Å². The van der Waals surface area contributed by atoms with Crippen LogP contribution in [0.3, 0.4) is 0 Å². The fourth-order valence-corrected chi connectivity index (χ4v) is 2.69. The highest BCUT2D eigenvalue weighted by Crippen LogP contribution is 2.17. The highest BCUT2D eigenvalue weighted by Gasteiger charge is 2.12. The van der Waals surface area contributed by atoms with Crippen LogP contribution in [0, 0.1) is 0 Å². The molecule has 4 heteroatoms. The Morgan fingerprint density at radius 3 is 2.88 bits per heavy atom. The smallest absolute Gasteiger partial charge is 0.111 e. The van der Waals surface area contributed by atoms with E-state index in [0.717, 1.165) is 30.1 Å². The van der Waals surface area contributed by atoms with Gasteiger partial charge in [0.05, 0.1) is 11.0 Å². The van der Waals surface area contributed by atoms with Crippen molar-refractivity contribution in [3.63, 3.8) is 0 Å². The fourth-order valence-electron chi connectivity index (χ4n) is 2.14. The molecule has 0 radical (unpaired) electrons. The topological polar surface area (TPSA) is 43.8 Å². The lowest BCUT2D eigenvalue weighted by Crippen LogP contribution is -2.27. The van der Waals surface area contributed by atoms with Gasteiger partial charge in [0.1, 0.15) is 5.82 Å². The molecule has 2 aromatic rings. The number of nitrogens with two attached hydrogens (primary N) is 1. The van der Waals surface area contributed by atoms with Crippen LogP contribution in [0.25, 0.3) is 11.0 Å². The molecular formula is C13H19N3S. The zero-order valence-electron chi connectivity index (χ0n) is 10.4. The highest BCUT2D eigenvalue weighted by atomic mass is 32.2. The molecule has 1 heterocycles. The number of aromatic nitrogens is 2. The third-order valence-corrected chi connectivity index (χ3v) is 3.64. The van der Waals surface area contributed by atoms with Gasteiger partial charge in [-0.05, 0) is 25.3 Å². The zero-order valence-corrected chi connectivity index (χ0v) is 11.2. The third kappa shape index (κ3) is 2.64. The highest BCUT2D eigenvalue weighted by molar-refractivity contribution is 7.98. The Bertz CT molecular complexity index is 492. The lowest BCUT2D eigenvalue weighted by atomic mass is 10.2. The van der Waals surface area contributed by atoms with E-state index >= 15 is 0 Å². The summed E-state index contributed by atoms with van der Waals surface area (Å²) in [5, 5.41) is 0. The van der Waals surface area contributed by atoms with E-state index in [1.807, 2.05) is 6.07 Å². The summed E-state index contributed by atoms with van der Waals surface area (Å²) in [5.41, 5.74) is 8.37. The van der Waals surface area contributed by atoms with Crippen LogP contribution in [0.1, 0.15) is 12.7 Å². The van der Waals surface area contributed by atoms with Gasteiger partial charge in [-0.3, -0.25) is 0 Å². The summed E-state index contributed by atoms with van der Waals surface area (Å²) in [7, 11) is 0. The van der Waals surface area contributed by atoms with Crippen LogP contribution in [0.5, 0.6) is 0 Å². The minimum Gasteiger partial charge on any atom is -0.328 e. The standard InChI is InChI=1S/C13H19N3S/c1-3-16-12-7-5-4-6-11(12)15-13(16)8-10(14)9-17-2/h4-7,10H,3,8-9,14H2,1-2H3. The van der Waals surface area contributed by atoms with Crippen molar-refractivity contribution in [3.05, 3.63) is 30.1 Å². The van der Waals surface area contributed by atoms with Gasteiger partial charge >= 0.3 is 0 Å². The molecule has 17 heavy (non-hydrogen) atoms. The first-order valence-electron chi connectivity index (χ1n) is 5.95. The maximum absolute atomic E-state index is 6.09. The van der Waals surface area contributed by atoms with Crippen molar-refractivity contribution in [2.24, 2.45) is 5.73 Å². The molecule has 0 aliphatic rings. The van der Waals surface area contributed by atoms with Gasteiger partial charge in [-0.15, -0.1) is 0 Å². The predicted octanol–water partition coefficient (Wildman–Crippen LogP) is 2.29. The molecule has 0 bridgehead atoms. The van der Waals surface area contributed by atoms with Crippen LogP contribution in [0.15, 0.2) is 24.3 Å². The van der Waals surface area contributed by atoms with Crippen molar-refractivity contribution in [1.29, 1.82) is 0 Å². The molecule has 0 fully saturated rings. The SMILES string of the molecule is CCn1c(CC(N)CSC)nc2ccccc21. The summed E-state index contributed by atoms with van der Waals surface area (Å²) in [6.07, 6.45) is 2.94. The summed E-state index contributed by atoms with van der Waals surface area (Å²) in [4.78, 5) is 4.68. The van der Waals surface area contributed by atoms with Crippen molar-refractivity contribution < 1.29 is 0 Å². The second-order valence-electron chi connectivity index (χ2n) is 4.18. The van der Waals surface area contributed by atoms with Crippen molar-refractivity contribution in [1.82, 2.24) is 9.55 Å². The average Bonchev–Trinajstić information content (AvgIpc) is 2.66. The van der Waals surface area contributed by atoms with E-state index in [1.165, 1.54) is 5.52 Å². The summed E-state index contributed by atoms with van der Waals surface area (Å²) in [6.45, 7) is 3.10. The van der Waals surface area contributed by atoms with Gasteiger partial charge < -0.3 is 10.3 Å². The van der Waals surface area contributed by atoms with E-state index in [0.29, 0.717) is 0 Å². The zero-order chi connectivity index (χ0) is 12.3. The number of rotatable bonds is 5. The lowest BCUT2D eigenvalue weighted by Gasteiger charge is -2.11. The third-order valence-electron chi connectivity index (χ3n) is 2.88. The first kappa shape index (κ1) is 12.5. The van der Waals surface area contributed by atoms with Gasteiger partial charge in [0, 0.05) is 24.8 Å². The fraction of sp³-hybridized carbons (Fsp3) is 0.462. The molecule has 3 nitrogen and oxygen atoms in total. The van der Waals surface area contributed by atoms with E-state index < -0.39 is 0 Å². The van der Waals surface area contributed by atoms with Crippen LogP contribution in [0.4, 0.5) is 0 Å². The first-order valence-corrected chi connectivity index (χ1v) is 7.34. The summed E-state index contributed by atoms with van der Waals surface area (Å²) < 4.78 is 2.26. The molecule has 0 aliphatic heterocycles. The maximum atomic E-state index is 6.09. The number of hydrogen-bond acceptors (Lipinski definition) is 3. The Morgan fingerprint density at radius 2 is 2.18 bits per heavy atom. The second-order valence-corrected chi connectivity index (χ2v) is 5.09. The lowest BCUT2D eigenvalue weighted by molar-refractivity contribution is 0.652. The molecule has 2 N–H and O–H groups in total.